The van der Waals surface area contributed by atoms with Crippen LogP contribution in [0, 0.1) is 6.92 Å². The second-order valence-electron chi connectivity index (χ2n) is 4.24. The van der Waals surface area contributed by atoms with Crippen LogP contribution in [0.3, 0.4) is 0 Å². The van der Waals surface area contributed by atoms with Crippen LogP contribution >= 0.6 is 11.8 Å². The van der Waals surface area contributed by atoms with Crippen LogP contribution < -0.4 is 11.3 Å². The van der Waals surface area contributed by atoms with Crippen LogP contribution in [-0.4, -0.2) is 15.0 Å². The van der Waals surface area contributed by atoms with E-state index in [2.05, 4.69) is 21.9 Å². The number of nitrogens with zero attached hydrogens (tertiary/aromatic N) is 2. The Hall–Kier alpha value is -1.82. The SMILES string of the molecule is CCCc1cc(=O)[nH]c(Sc2nc(C)ccc2N)n1. The highest BCUT2D eigenvalue weighted by Gasteiger charge is 2.07. The van der Waals surface area contributed by atoms with Gasteiger partial charge in [0.1, 0.15) is 5.03 Å². The number of aromatic nitrogens is 3. The van der Waals surface area contributed by atoms with Crippen LogP contribution in [-0.2, 0) is 6.42 Å². The summed E-state index contributed by atoms with van der Waals surface area (Å²) in [7, 11) is 0. The van der Waals surface area contributed by atoms with Crippen LogP contribution in [0.15, 0.2) is 33.2 Å². The van der Waals surface area contributed by atoms with Gasteiger partial charge in [-0.2, -0.15) is 0 Å². The fourth-order valence-electron chi connectivity index (χ4n) is 1.63. The molecule has 0 saturated heterocycles. The van der Waals surface area contributed by atoms with Crippen LogP contribution in [0.2, 0.25) is 0 Å². The molecule has 0 aliphatic heterocycles. The van der Waals surface area contributed by atoms with Crippen molar-refractivity contribution >= 4 is 17.4 Å². The van der Waals surface area contributed by atoms with Crippen molar-refractivity contribution in [1.82, 2.24) is 15.0 Å². The van der Waals surface area contributed by atoms with Gasteiger partial charge in [0.15, 0.2) is 5.16 Å². The van der Waals surface area contributed by atoms with Crippen molar-refractivity contribution in [2.75, 3.05) is 5.73 Å². The van der Waals surface area contributed by atoms with E-state index in [1.54, 1.807) is 6.07 Å². The lowest BCUT2D eigenvalue weighted by Crippen LogP contribution is -2.10. The van der Waals surface area contributed by atoms with Gasteiger partial charge in [-0.1, -0.05) is 13.3 Å². The largest absolute Gasteiger partial charge is 0.397 e. The summed E-state index contributed by atoms with van der Waals surface area (Å²) in [6.45, 7) is 3.95. The molecule has 0 spiro atoms. The number of hydrogen-bond donors (Lipinski definition) is 2. The van der Waals surface area contributed by atoms with Gasteiger partial charge in [-0.25, -0.2) is 9.97 Å². The van der Waals surface area contributed by atoms with Gasteiger partial charge in [-0.3, -0.25) is 4.79 Å². The number of anilines is 1. The summed E-state index contributed by atoms with van der Waals surface area (Å²) in [6.07, 6.45) is 1.74. The zero-order chi connectivity index (χ0) is 13.8. The maximum atomic E-state index is 11.6. The van der Waals surface area contributed by atoms with Crippen molar-refractivity contribution in [3.63, 3.8) is 0 Å². The first kappa shape index (κ1) is 13.6. The van der Waals surface area contributed by atoms with E-state index in [9.17, 15) is 4.79 Å². The average molecular weight is 276 g/mol. The number of pyridine rings is 1. The van der Waals surface area contributed by atoms with Crippen LogP contribution in [0.1, 0.15) is 24.7 Å². The van der Waals surface area contributed by atoms with E-state index in [0.29, 0.717) is 15.9 Å². The highest BCUT2D eigenvalue weighted by Crippen LogP contribution is 2.27. The minimum absolute atomic E-state index is 0.146. The van der Waals surface area contributed by atoms with Gasteiger partial charge in [0.2, 0.25) is 0 Å². The van der Waals surface area contributed by atoms with E-state index in [4.69, 9.17) is 5.73 Å². The first-order valence-corrected chi connectivity index (χ1v) is 6.91. The van der Waals surface area contributed by atoms with Crippen molar-refractivity contribution < 1.29 is 0 Å². The molecule has 2 aromatic rings. The van der Waals surface area contributed by atoms with E-state index < -0.39 is 0 Å². The molecular formula is C13H16N4OS. The predicted octanol–water partition coefficient (Wildman–Crippen LogP) is 2.16. The monoisotopic (exact) mass is 276 g/mol. The fraction of sp³-hybridized carbons (Fsp3) is 0.308. The highest BCUT2D eigenvalue weighted by molar-refractivity contribution is 7.99. The third kappa shape index (κ3) is 3.57. The van der Waals surface area contributed by atoms with Crippen LogP contribution in [0.5, 0.6) is 0 Å². The molecule has 0 bridgehead atoms. The third-order valence-corrected chi connectivity index (χ3v) is 3.41. The quantitative estimate of drug-likeness (QED) is 0.836. The second-order valence-corrected chi connectivity index (χ2v) is 5.22. The Morgan fingerprint density at radius 1 is 1.37 bits per heavy atom. The summed E-state index contributed by atoms with van der Waals surface area (Å²) in [5, 5.41) is 1.19. The zero-order valence-electron chi connectivity index (χ0n) is 10.9. The molecule has 6 heteroatoms. The minimum Gasteiger partial charge on any atom is -0.397 e. The summed E-state index contributed by atoms with van der Waals surface area (Å²) >= 11 is 1.28. The van der Waals surface area contributed by atoms with E-state index in [1.165, 1.54) is 17.8 Å². The molecule has 0 aliphatic rings. The van der Waals surface area contributed by atoms with Gasteiger partial charge >= 0.3 is 0 Å². The molecule has 3 N–H and O–H groups in total. The van der Waals surface area contributed by atoms with Gasteiger partial charge < -0.3 is 10.7 Å². The van der Waals surface area contributed by atoms with E-state index >= 15 is 0 Å². The minimum atomic E-state index is -0.146. The predicted molar refractivity (Wildman–Crippen MR) is 76.4 cm³/mol. The van der Waals surface area contributed by atoms with Gasteiger partial charge in [0.25, 0.3) is 5.56 Å². The first-order chi connectivity index (χ1) is 9.08. The van der Waals surface area contributed by atoms with E-state index in [1.807, 2.05) is 13.0 Å². The average Bonchev–Trinajstić information content (AvgIpc) is 2.33. The van der Waals surface area contributed by atoms with Gasteiger partial charge in [-0.05, 0) is 37.2 Å². The summed E-state index contributed by atoms with van der Waals surface area (Å²) < 4.78 is 0. The molecule has 0 fully saturated rings. The molecule has 0 atom stereocenters. The molecule has 2 aromatic heterocycles. The lowest BCUT2D eigenvalue weighted by atomic mass is 10.2. The molecule has 100 valence electrons. The molecule has 0 aromatic carbocycles. The molecule has 0 radical (unpaired) electrons. The Morgan fingerprint density at radius 3 is 2.89 bits per heavy atom. The number of nitrogen functional groups attached to an aromatic ring is 1. The number of nitrogens with two attached hydrogens (primary N) is 1. The number of rotatable bonds is 4. The lowest BCUT2D eigenvalue weighted by Gasteiger charge is -2.06. The number of nitrogens with one attached hydrogen (secondary N) is 1. The van der Waals surface area contributed by atoms with Gasteiger partial charge in [0, 0.05) is 17.5 Å². The molecule has 0 saturated carbocycles. The fourth-order valence-corrected chi connectivity index (χ4v) is 2.51. The van der Waals surface area contributed by atoms with Crippen molar-refractivity contribution in [2.24, 2.45) is 0 Å². The van der Waals surface area contributed by atoms with Crippen molar-refractivity contribution in [1.29, 1.82) is 0 Å². The number of aromatic amines is 1. The molecule has 0 aliphatic carbocycles. The van der Waals surface area contributed by atoms with Crippen LogP contribution in [0.4, 0.5) is 5.69 Å². The van der Waals surface area contributed by atoms with Crippen molar-refractivity contribution in [3.8, 4) is 0 Å². The standard InChI is InChI=1S/C13H16N4OS/c1-3-4-9-7-11(18)17-13(16-9)19-12-10(14)6-5-8(2)15-12/h5-7H,3-4,14H2,1-2H3,(H,16,17,18). The Morgan fingerprint density at radius 2 is 2.16 bits per heavy atom. The Balaban J connectivity index is 2.32. The Labute approximate surface area is 115 Å². The maximum absolute atomic E-state index is 11.6. The number of hydrogen-bond acceptors (Lipinski definition) is 5. The topological polar surface area (TPSA) is 84.7 Å². The second kappa shape index (κ2) is 5.88. The van der Waals surface area contributed by atoms with Crippen molar-refractivity contribution in [2.45, 2.75) is 36.9 Å². The summed E-state index contributed by atoms with van der Waals surface area (Å²) in [5.74, 6) is 0. The maximum Gasteiger partial charge on any atom is 0.251 e. The highest BCUT2D eigenvalue weighted by atomic mass is 32.2. The summed E-state index contributed by atoms with van der Waals surface area (Å²) in [5.41, 5.74) is 7.98. The Kier molecular flexibility index (Phi) is 4.21. The van der Waals surface area contributed by atoms with Crippen LogP contribution in [0.25, 0.3) is 0 Å². The van der Waals surface area contributed by atoms with Gasteiger partial charge in [0.05, 0.1) is 5.69 Å². The number of H-pyrrole nitrogens is 1. The van der Waals surface area contributed by atoms with Gasteiger partial charge in [-0.15, -0.1) is 0 Å². The zero-order valence-corrected chi connectivity index (χ0v) is 11.8. The summed E-state index contributed by atoms with van der Waals surface area (Å²) in [4.78, 5) is 23.0. The summed E-state index contributed by atoms with van der Waals surface area (Å²) in [6, 6.07) is 5.18. The lowest BCUT2D eigenvalue weighted by molar-refractivity contribution is 0.815. The Bertz CT molecular complexity index is 639. The molecular weight excluding hydrogens is 260 g/mol. The smallest absolute Gasteiger partial charge is 0.251 e. The third-order valence-electron chi connectivity index (χ3n) is 2.50. The first-order valence-electron chi connectivity index (χ1n) is 6.09. The molecule has 2 heterocycles. The molecule has 0 amide bonds. The van der Waals surface area contributed by atoms with E-state index in [0.717, 1.165) is 24.2 Å². The molecule has 5 nitrogen and oxygen atoms in total. The normalized spacial score (nSPS) is 10.6. The molecule has 19 heavy (non-hydrogen) atoms. The van der Waals surface area contributed by atoms with E-state index in [-0.39, 0.29) is 5.56 Å². The number of aryl methyl sites for hydroxylation is 2. The molecule has 0 unspecified atom stereocenters. The molecule has 2 rings (SSSR count). The van der Waals surface area contributed by atoms with Crippen molar-refractivity contribution in [3.05, 3.63) is 39.9 Å².